The molecule has 0 bridgehead atoms. The van der Waals surface area contributed by atoms with Crippen LogP contribution in [-0.2, 0) is 26.1 Å². The van der Waals surface area contributed by atoms with Crippen LogP contribution in [0.5, 0.6) is 0 Å². The number of esters is 1. The average molecular weight is 456 g/mol. The first-order valence-corrected chi connectivity index (χ1v) is 11.8. The Labute approximate surface area is 187 Å². The van der Waals surface area contributed by atoms with Crippen molar-refractivity contribution in [2.45, 2.75) is 37.6 Å². The van der Waals surface area contributed by atoms with E-state index in [1.54, 1.807) is 16.9 Å². The van der Waals surface area contributed by atoms with Crippen molar-refractivity contribution in [2.24, 2.45) is 0 Å². The van der Waals surface area contributed by atoms with Gasteiger partial charge in [-0.2, -0.15) is 9.40 Å². The highest BCUT2D eigenvalue weighted by Crippen LogP contribution is 2.22. The number of sulfonamides is 1. The molecule has 4 rings (SSSR count). The number of carbonyl (C=O) groups excluding carboxylic acids is 1. The summed E-state index contributed by atoms with van der Waals surface area (Å²) < 4.78 is 39.9. The van der Waals surface area contributed by atoms with Crippen LogP contribution >= 0.6 is 0 Å². The van der Waals surface area contributed by atoms with Gasteiger partial charge >= 0.3 is 5.97 Å². The lowest BCUT2D eigenvalue weighted by Gasteiger charge is -2.34. The third kappa shape index (κ3) is 4.90. The summed E-state index contributed by atoms with van der Waals surface area (Å²) in [6.45, 7) is 4.31. The Morgan fingerprint density at radius 2 is 1.69 bits per heavy atom. The van der Waals surface area contributed by atoms with E-state index in [0.29, 0.717) is 18.8 Å². The maximum Gasteiger partial charge on any atom is 0.338 e. The lowest BCUT2D eigenvalue weighted by atomic mass is 10.2. The molecule has 1 saturated heterocycles. The molecule has 8 nitrogen and oxygen atoms in total. The molecule has 2 heterocycles. The number of rotatable bonds is 6. The highest BCUT2D eigenvalue weighted by Gasteiger charge is 2.32. The van der Waals surface area contributed by atoms with Crippen molar-refractivity contribution in [1.29, 1.82) is 0 Å². The Morgan fingerprint density at radius 1 is 1.03 bits per heavy atom. The lowest BCUT2D eigenvalue weighted by Crippen LogP contribution is -2.48. The topological polar surface area (TPSA) is 90.7 Å². The summed E-state index contributed by atoms with van der Waals surface area (Å²) in [6.07, 6.45) is 1.45. The van der Waals surface area contributed by atoms with Crippen LogP contribution in [-0.4, -0.2) is 53.8 Å². The van der Waals surface area contributed by atoms with Gasteiger partial charge in [0.05, 0.1) is 28.4 Å². The standard InChI is InChI=1S/C23H25N3O5S/c1-17-14-25(15-18(2)31-17)32(28,29)22-10-8-19(9-11-22)23(27)30-16-20-12-13-26(24-20)21-6-4-3-5-7-21/h3-13,17-18H,14-16H2,1-2H3. The maximum absolute atomic E-state index is 12.9. The zero-order valence-corrected chi connectivity index (χ0v) is 18.7. The summed E-state index contributed by atoms with van der Waals surface area (Å²) >= 11 is 0. The van der Waals surface area contributed by atoms with Gasteiger partial charge in [0.25, 0.3) is 0 Å². The third-order valence-corrected chi connectivity index (χ3v) is 6.98. The number of nitrogens with zero attached hydrogens (tertiary/aromatic N) is 3. The molecule has 1 fully saturated rings. The summed E-state index contributed by atoms with van der Waals surface area (Å²) in [4.78, 5) is 12.5. The van der Waals surface area contributed by atoms with Crippen LogP contribution in [0.4, 0.5) is 0 Å². The largest absolute Gasteiger partial charge is 0.456 e. The Hall–Kier alpha value is -3.01. The van der Waals surface area contributed by atoms with Crippen molar-refractivity contribution in [3.63, 3.8) is 0 Å². The van der Waals surface area contributed by atoms with Gasteiger partial charge in [0.2, 0.25) is 10.0 Å². The number of hydrogen-bond donors (Lipinski definition) is 0. The number of carbonyl (C=O) groups is 1. The zero-order chi connectivity index (χ0) is 22.7. The van der Waals surface area contributed by atoms with Crippen LogP contribution in [0.3, 0.4) is 0 Å². The van der Waals surface area contributed by atoms with E-state index in [1.165, 1.54) is 28.6 Å². The van der Waals surface area contributed by atoms with Crippen LogP contribution in [0.25, 0.3) is 5.69 Å². The van der Waals surface area contributed by atoms with Crippen LogP contribution < -0.4 is 0 Å². The van der Waals surface area contributed by atoms with E-state index in [0.717, 1.165) is 5.69 Å². The normalized spacial score (nSPS) is 19.6. The van der Waals surface area contributed by atoms with Gasteiger partial charge in [-0.1, -0.05) is 18.2 Å². The predicted octanol–water partition coefficient (Wildman–Crippen LogP) is 3.03. The summed E-state index contributed by atoms with van der Waals surface area (Å²) in [6, 6.07) is 17.2. The van der Waals surface area contributed by atoms with Crippen LogP contribution in [0.15, 0.2) is 71.8 Å². The fraction of sp³-hybridized carbons (Fsp3) is 0.304. The van der Waals surface area contributed by atoms with Crippen molar-refractivity contribution in [1.82, 2.24) is 14.1 Å². The van der Waals surface area contributed by atoms with E-state index in [1.807, 2.05) is 44.2 Å². The molecule has 1 aromatic heterocycles. The second-order valence-corrected chi connectivity index (χ2v) is 9.70. The van der Waals surface area contributed by atoms with Gasteiger partial charge in [0.15, 0.2) is 0 Å². The van der Waals surface area contributed by atoms with E-state index in [9.17, 15) is 13.2 Å². The van der Waals surface area contributed by atoms with E-state index in [-0.39, 0.29) is 29.3 Å². The molecule has 32 heavy (non-hydrogen) atoms. The summed E-state index contributed by atoms with van der Waals surface area (Å²) in [5, 5.41) is 4.40. The van der Waals surface area contributed by atoms with Gasteiger partial charge in [-0.05, 0) is 56.3 Å². The maximum atomic E-state index is 12.9. The van der Waals surface area contributed by atoms with E-state index >= 15 is 0 Å². The quantitative estimate of drug-likeness (QED) is 0.531. The number of morpholine rings is 1. The van der Waals surface area contributed by atoms with E-state index in [2.05, 4.69) is 5.10 Å². The number of para-hydroxylation sites is 1. The molecule has 0 spiro atoms. The van der Waals surface area contributed by atoms with Gasteiger partial charge < -0.3 is 9.47 Å². The second kappa shape index (κ2) is 9.23. The van der Waals surface area contributed by atoms with Crippen LogP contribution in [0.2, 0.25) is 0 Å². The number of hydrogen-bond acceptors (Lipinski definition) is 6. The Morgan fingerprint density at radius 3 is 2.34 bits per heavy atom. The zero-order valence-electron chi connectivity index (χ0n) is 17.9. The first-order valence-electron chi connectivity index (χ1n) is 10.4. The van der Waals surface area contributed by atoms with Crippen LogP contribution in [0, 0.1) is 0 Å². The molecule has 0 radical (unpaired) electrons. The molecule has 0 saturated carbocycles. The fourth-order valence-corrected chi connectivity index (χ4v) is 5.22. The Kier molecular flexibility index (Phi) is 6.40. The molecule has 2 atom stereocenters. The lowest BCUT2D eigenvalue weighted by molar-refractivity contribution is -0.0440. The SMILES string of the molecule is CC1CN(S(=O)(=O)c2ccc(C(=O)OCc3ccn(-c4ccccc4)n3)cc2)CC(C)O1. The summed E-state index contributed by atoms with van der Waals surface area (Å²) in [5.74, 6) is -0.545. The van der Waals surface area contributed by atoms with E-state index < -0.39 is 16.0 Å². The van der Waals surface area contributed by atoms with E-state index in [4.69, 9.17) is 9.47 Å². The molecule has 0 aliphatic carbocycles. The average Bonchev–Trinajstić information content (AvgIpc) is 3.27. The molecule has 2 unspecified atom stereocenters. The molecular formula is C23H25N3O5S. The van der Waals surface area contributed by atoms with Crippen molar-refractivity contribution < 1.29 is 22.7 Å². The molecule has 1 aliphatic rings. The van der Waals surface area contributed by atoms with Gasteiger partial charge in [0.1, 0.15) is 12.3 Å². The molecule has 1 aliphatic heterocycles. The van der Waals surface area contributed by atoms with Crippen molar-refractivity contribution in [3.8, 4) is 5.69 Å². The highest BCUT2D eigenvalue weighted by molar-refractivity contribution is 7.89. The van der Waals surface area contributed by atoms with Crippen molar-refractivity contribution in [2.75, 3.05) is 13.1 Å². The minimum absolute atomic E-state index is 0.0161. The van der Waals surface area contributed by atoms with Crippen LogP contribution in [0.1, 0.15) is 29.9 Å². The monoisotopic (exact) mass is 455 g/mol. The Balaban J connectivity index is 1.39. The number of aromatic nitrogens is 2. The van der Waals surface area contributed by atoms with Crippen molar-refractivity contribution >= 4 is 16.0 Å². The highest BCUT2D eigenvalue weighted by atomic mass is 32.2. The molecule has 0 amide bonds. The third-order valence-electron chi connectivity index (χ3n) is 5.13. The van der Waals surface area contributed by atoms with Gasteiger partial charge in [-0.15, -0.1) is 0 Å². The Bertz CT molecular complexity index is 1170. The molecule has 3 aromatic rings. The molecule has 9 heteroatoms. The molecule has 2 aromatic carbocycles. The second-order valence-electron chi connectivity index (χ2n) is 7.77. The first kappa shape index (κ1) is 22.2. The minimum atomic E-state index is -3.66. The van der Waals surface area contributed by atoms with Gasteiger partial charge in [-0.3, -0.25) is 0 Å². The minimum Gasteiger partial charge on any atom is -0.456 e. The smallest absolute Gasteiger partial charge is 0.338 e. The number of ether oxygens (including phenoxy) is 2. The summed E-state index contributed by atoms with van der Waals surface area (Å²) in [7, 11) is -3.66. The van der Waals surface area contributed by atoms with Crippen molar-refractivity contribution in [3.05, 3.63) is 78.1 Å². The predicted molar refractivity (Wildman–Crippen MR) is 118 cm³/mol. The first-order chi connectivity index (χ1) is 15.3. The fourth-order valence-electron chi connectivity index (χ4n) is 3.63. The molecular weight excluding hydrogens is 430 g/mol. The van der Waals surface area contributed by atoms with Gasteiger partial charge in [0, 0.05) is 19.3 Å². The molecule has 168 valence electrons. The number of benzene rings is 2. The molecule has 0 N–H and O–H groups in total. The van der Waals surface area contributed by atoms with Gasteiger partial charge in [-0.25, -0.2) is 17.9 Å². The summed E-state index contributed by atoms with van der Waals surface area (Å²) in [5.41, 5.74) is 1.79.